The van der Waals surface area contributed by atoms with Crippen LogP contribution in [0.4, 0.5) is 0 Å². The minimum atomic E-state index is 1.04. The molecule has 0 aliphatic carbocycles. The van der Waals surface area contributed by atoms with Gasteiger partial charge in [-0.1, -0.05) is 113 Å². The fourth-order valence-corrected chi connectivity index (χ4v) is 10.2. The van der Waals surface area contributed by atoms with Gasteiger partial charge in [-0.25, -0.2) is 0 Å². The van der Waals surface area contributed by atoms with Crippen LogP contribution in [0.1, 0.15) is 0 Å². The lowest BCUT2D eigenvalue weighted by Gasteiger charge is -2.15. The summed E-state index contributed by atoms with van der Waals surface area (Å²) in [4.78, 5) is 1.30. The van der Waals surface area contributed by atoms with Gasteiger partial charge in [0.2, 0.25) is 0 Å². The Labute approximate surface area is 294 Å². The van der Waals surface area contributed by atoms with Gasteiger partial charge in [0.15, 0.2) is 0 Å². The van der Waals surface area contributed by atoms with Gasteiger partial charge in [-0.3, -0.25) is 0 Å². The number of benzene rings is 7. The zero-order valence-electron chi connectivity index (χ0n) is 25.9. The first kappa shape index (κ1) is 28.2. The molecule has 0 aliphatic rings. The molecule has 228 valence electrons. The Morgan fingerprint density at radius 3 is 1.81 bits per heavy atom. The lowest BCUT2D eigenvalue weighted by atomic mass is 10.0. The molecule has 0 aliphatic heterocycles. The van der Waals surface area contributed by atoms with Crippen LogP contribution in [0.3, 0.4) is 0 Å². The molecule has 0 N–H and O–H groups in total. The number of hydrogen-bond acceptors (Lipinski definition) is 2. The number of halogens is 1. The fourth-order valence-electron chi connectivity index (χ4n) is 7.69. The molecule has 10 rings (SSSR count). The molecule has 48 heavy (non-hydrogen) atoms. The third kappa shape index (κ3) is 4.05. The smallest absolute Gasteiger partial charge is 0.0555 e. The van der Waals surface area contributed by atoms with Gasteiger partial charge in [0.05, 0.1) is 22.1 Å². The summed E-state index contributed by atoms with van der Waals surface area (Å²) in [5, 5.41) is 7.81. The predicted octanol–water partition coefficient (Wildman–Crippen LogP) is 13.4. The van der Waals surface area contributed by atoms with E-state index in [4.69, 9.17) is 0 Å². The van der Waals surface area contributed by atoms with Crippen LogP contribution in [0.15, 0.2) is 155 Å². The van der Waals surface area contributed by atoms with Crippen molar-refractivity contribution in [3.63, 3.8) is 0 Å². The predicted molar refractivity (Wildman–Crippen MR) is 213 cm³/mol. The molecule has 0 unspecified atom stereocenters. The molecule has 2 nitrogen and oxygen atoms in total. The Kier molecular flexibility index (Phi) is 6.39. The second-order valence-corrected chi connectivity index (χ2v) is 15.0. The second-order valence-electron chi connectivity index (χ2n) is 12.2. The highest BCUT2D eigenvalue weighted by molar-refractivity contribution is 9.10. The molecule has 0 spiro atoms. The number of aromatic nitrogens is 2. The van der Waals surface area contributed by atoms with E-state index in [1.807, 2.05) is 23.1 Å². The van der Waals surface area contributed by atoms with E-state index < -0.39 is 0 Å². The number of thiophene rings is 1. The van der Waals surface area contributed by atoms with E-state index in [0.29, 0.717) is 0 Å². The van der Waals surface area contributed by atoms with Crippen molar-refractivity contribution in [1.29, 1.82) is 0 Å². The maximum absolute atomic E-state index is 3.95. The van der Waals surface area contributed by atoms with Gasteiger partial charge in [0, 0.05) is 62.5 Å². The van der Waals surface area contributed by atoms with E-state index in [1.165, 1.54) is 79.8 Å². The van der Waals surface area contributed by atoms with E-state index in [-0.39, 0.29) is 0 Å². The molecule has 3 heterocycles. The first-order valence-corrected chi connectivity index (χ1v) is 18.8. The summed E-state index contributed by atoms with van der Waals surface area (Å²) in [5.74, 6) is 0. The maximum atomic E-state index is 3.95. The molecule has 0 amide bonds. The molecular formula is C43H27BrN2S2. The van der Waals surface area contributed by atoms with Gasteiger partial charge in [0.25, 0.3) is 0 Å². The zero-order valence-corrected chi connectivity index (χ0v) is 29.2. The van der Waals surface area contributed by atoms with Gasteiger partial charge < -0.3 is 9.13 Å². The molecule has 5 heteroatoms. The van der Waals surface area contributed by atoms with Crippen LogP contribution in [0.5, 0.6) is 0 Å². The molecule has 0 saturated carbocycles. The normalized spacial score (nSPS) is 12.0. The summed E-state index contributed by atoms with van der Waals surface area (Å²) >= 11 is 7.67. The molecule has 7 aromatic carbocycles. The Morgan fingerprint density at radius 2 is 1.10 bits per heavy atom. The van der Waals surface area contributed by atoms with Gasteiger partial charge in [-0.05, 0) is 65.9 Å². The van der Waals surface area contributed by atoms with Gasteiger partial charge in [-0.15, -0.1) is 23.1 Å². The average molecular weight is 716 g/mol. The van der Waals surface area contributed by atoms with Crippen LogP contribution in [-0.4, -0.2) is 15.4 Å². The number of rotatable bonds is 4. The summed E-state index contributed by atoms with van der Waals surface area (Å²) in [6.07, 6.45) is 2.19. The number of nitrogens with zero attached hydrogens (tertiary/aromatic N) is 2. The van der Waals surface area contributed by atoms with Crippen LogP contribution in [-0.2, 0) is 0 Å². The highest BCUT2D eigenvalue weighted by atomic mass is 79.9. The van der Waals surface area contributed by atoms with Crippen molar-refractivity contribution in [3.8, 4) is 22.5 Å². The van der Waals surface area contributed by atoms with Crippen molar-refractivity contribution in [1.82, 2.24) is 9.13 Å². The standard InChI is InChI=1S/C43H27BrN2S2/c1-47-42-30(26-11-3-2-4-12-26)19-21-37-40(42)33-14-5-8-16-35(33)45(37)28-23-27(44)24-29(25-28)46-36-17-9-6-15-34(36)41-38(46)22-20-32-31-13-7-10-18-39(31)48-43(32)41/h2-25H,1H3. The fraction of sp³-hybridized carbons (Fsp3) is 0.0233. The highest BCUT2D eigenvalue weighted by Crippen LogP contribution is 2.45. The van der Waals surface area contributed by atoms with Crippen LogP contribution < -0.4 is 0 Å². The van der Waals surface area contributed by atoms with Gasteiger partial charge >= 0.3 is 0 Å². The topological polar surface area (TPSA) is 9.86 Å². The highest BCUT2D eigenvalue weighted by Gasteiger charge is 2.21. The van der Waals surface area contributed by atoms with Crippen molar-refractivity contribution >= 4 is 103 Å². The minimum Gasteiger partial charge on any atom is -0.309 e. The first-order chi connectivity index (χ1) is 23.7. The van der Waals surface area contributed by atoms with E-state index in [9.17, 15) is 0 Å². The summed E-state index contributed by atoms with van der Waals surface area (Å²) in [7, 11) is 0. The largest absolute Gasteiger partial charge is 0.309 e. The van der Waals surface area contributed by atoms with E-state index in [0.717, 1.165) is 15.8 Å². The first-order valence-electron chi connectivity index (χ1n) is 16.0. The van der Waals surface area contributed by atoms with Crippen molar-refractivity contribution in [2.45, 2.75) is 4.90 Å². The van der Waals surface area contributed by atoms with Crippen LogP contribution in [0.25, 0.3) is 86.3 Å². The lowest BCUT2D eigenvalue weighted by Crippen LogP contribution is -1.99. The molecule has 0 radical (unpaired) electrons. The van der Waals surface area contributed by atoms with Crippen molar-refractivity contribution in [2.24, 2.45) is 0 Å². The van der Waals surface area contributed by atoms with Crippen LogP contribution in [0.2, 0.25) is 0 Å². The molecule has 0 bridgehead atoms. The molecule has 3 aromatic heterocycles. The SMILES string of the molecule is CSc1c(-c2ccccc2)ccc2c1c1ccccc1n2-c1cc(Br)cc(-n2c3ccccc3c3c4sc5ccccc5c4ccc32)c1. The second kappa shape index (κ2) is 10.9. The van der Waals surface area contributed by atoms with E-state index in [1.54, 1.807) is 0 Å². The summed E-state index contributed by atoms with van der Waals surface area (Å²) < 4.78 is 8.59. The Balaban J connectivity index is 1.26. The molecular weight excluding hydrogens is 689 g/mol. The van der Waals surface area contributed by atoms with Gasteiger partial charge in [-0.2, -0.15) is 0 Å². The number of para-hydroxylation sites is 2. The lowest BCUT2D eigenvalue weighted by molar-refractivity contribution is 1.13. The summed E-state index contributed by atoms with van der Waals surface area (Å²) in [6, 6.07) is 53.2. The summed E-state index contributed by atoms with van der Waals surface area (Å²) in [5.41, 5.74) is 9.60. The molecule has 10 aromatic rings. The molecule has 0 atom stereocenters. The zero-order chi connectivity index (χ0) is 31.9. The average Bonchev–Trinajstić information content (AvgIpc) is 3.79. The Hall–Kier alpha value is -4.81. The Morgan fingerprint density at radius 1 is 0.521 bits per heavy atom. The third-order valence-electron chi connectivity index (χ3n) is 9.64. The Bertz CT molecular complexity index is 2890. The van der Waals surface area contributed by atoms with Gasteiger partial charge in [0.1, 0.15) is 0 Å². The third-order valence-corrected chi connectivity index (χ3v) is 12.1. The summed E-state index contributed by atoms with van der Waals surface area (Å²) in [6.45, 7) is 0. The monoisotopic (exact) mass is 714 g/mol. The van der Waals surface area contributed by atoms with Crippen molar-refractivity contribution in [2.75, 3.05) is 6.26 Å². The number of fused-ring (bicyclic) bond motifs is 10. The van der Waals surface area contributed by atoms with Crippen molar-refractivity contribution < 1.29 is 0 Å². The number of thioether (sulfide) groups is 1. The quantitative estimate of drug-likeness (QED) is 0.165. The van der Waals surface area contributed by atoms with Crippen LogP contribution in [0, 0.1) is 0 Å². The van der Waals surface area contributed by atoms with E-state index >= 15 is 0 Å². The molecule has 0 saturated heterocycles. The van der Waals surface area contributed by atoms with Crippen LogP contribution >= 0.6 is 39.0 Å². The maximum Gasteiger partial charge on any atom is 0.0555 e. The van der Waals surface area contributed by atoms with E-state index in [2.05, 4.69) is 177 Å². The minimum absolute atomic E-state index is 1.04. The van der Waals surface area contributed by atoms with Crippen molar-refractivity contribution in [3.05, 3.63) is 150 Å². The number of hydrogen-bond donors (Lipinski definition) is 0. The molecule has 0 fully saturated rings.